The maximum absolute atomic E-state index is 12.8. The number of hydrogen-bond donors (Lipinski definition) is 2. The topological polar surface area (TPSA) is 78.5 Å². The summed E-state index contributed by atoms with van der Waals surface area (Å²) >= 11 is 0. The Morgan fingerprint density at radius 2 is 1.61 bits per heavy atom. The Labute approximate surface area is 196 Å². The molecule has 0 aromatic heterocycles. The molecule has 4 rings (SSSR count). The molecule has 0 aliphatic carbocycles. The molecule has 2 N–H and O–H groups in total. The Balaban J connectivity index is 1.27. The van der Waals surface area contributed by atoms with Gasteiger partial charge in [-0.15, -0.1) is 0 Å². The van der Waals surface area contributed by atoms with E-state index in [1.807, 2.05) is 24.3 Å². The van der Waals surface area contributed by atoms with Crippen LogP contribution in [0, 0.1) is 0 Å². The van der Waals surface area contributed by atoms with Gasteiger partial charge in [0.25, 0.3) is 10.0 Å². The summed E-state index contributed by atoms with van der Waals surface area (Å²) in [5.41, 5.74) is 1.31. The van der Waals surface area contributed by atoms with Gasteiger partial charge in [-0.3, -0.25) is 9.52 Å². The van der Waals surface area contributed by atoms with Gasteiger partial charge in [-0.05, 0) is 79.5 Å². The van der Waals surface area contributed by atoms with Crippen LogP contribution in [0.5, 0.6) is 0 Å². The third-order valence-corrected chi connectivity index (χ3v) is 7.40. The number of sulfonamides is 1. The molecule has 174 valence electrons. The summed E-state index contributed by atoms with van der Waals surface area (Å²) in [6.45, 7) is 4.06. The van der Waals surface area contributed by atoms with Crippen LogP contribution in [0.2, 0.25) is 0 Å². The molecule has 33 heavy (non-hydrogen) atoms. The second kappa shape index (κ2) is 10.8. The Kier molecular flexibility index (Phi) is 7.62. The first-order chi connectivity index (χ1) is 16.0. The summed E-state index contributed by atoms with van der Waals surface area (Å²) in [6, 6.07) is 19.7. The molecule has 3 aromatic rings. The third kappa shape index (κ3) is 6.55. The van der Waals surface area contributed by atoms with Gasteiger partial charge in [0.2, 0.25) is 5.91 Å². The number of nitrogens with one attached hydrogen (secondary N) is 2. The molecule has 1 aliphatic heterocycles. The highest BCUT2D eigenvalue weighted by Gasteiger charge is 2.15. The lowest BCUT2D eigenvalue weighted by atomic mass is 10.1. The summed E-state index contributed by atoms with van der Waals surface area (Å²) in [5, 5.41) is 4.85. The zero-order chi connectivity index (χ0) is 23.1. The highest BCUT2D eigenvalue weighted by Crippen LogP contribution is 2.21. The largest absolute Gasteiger partial charge is 0.356 e. The number of anilines is 1. The van der Waals surface area contributed by atoms with Gasteiger partial charge in [-0.2, -0.15) is 0 Å². The van der Waals surface area contributed by atoms with Crippen LogP contribution in [0.25, 0.3) is 10.8 Å². The van der Waals surface area contributed by atoms with E-state index < -0.39 is 10.0 Å². The first-order valence-electron chi connectivity index (χ1n) is 11.6. The fraction of sp³-hybridized carbons (Fsp3) is 0.346. The predicted molar refractivity (Wildman–Crippen MR) is 133 cm³/mol. The van der Waals surface area contributed by atoms with Crippen molar-refractivity contribution in [1.29, 1.82) is 0 Å². The van der Waals surface area contributed by atoms with Gasteiger partial charge in [0, 0.05) is 12.2 Å². The molecule has 1 amide bonds. The fourth-order valence-electron chi connectivity index (χ4n) is 4.20. The molecule has 0 unspecified atom stereocenters. The van der Waals surface area contributed by atoms with Crippen molar-refractivity contribution in [3.05, 3.63) is 72.3 Å². The number of fused-ring (bicyclic) bond motifs is 1. The summed E-state index contributed by atoms with van der Waals surface area (Å²) < 4.78 is 28.2. The smallest absolute Gasteiger partial charge is 0.261 e. The average molecular weight is 466 g/mol. The summed E-state index contributed by atoms with van der Waals surface area (Å²) in [7, 11) is -3.70. The molecule has 0 spiro atoms. The molecule has 0 bridgehead atoms. The number of hydrogen-bond acceptors (Lipinski definition) is 4. The van der Waals surface area contributed by atoms with E-state index in [9.17, 15) is 13.2 Å². The summed E-state index contributed by atoms with van der Waals surface area (Å²) in [4.78, 5) is 14.9. The van der Waals surface area contributed by atoms with E-state index in [4.69, 9.17) is 0 Å². The van der Waals surface area contributed by atoms with E-state index in [0.29, 0.717) is 12.2 Å². The van der Waals surface area contributed by atoms with Crippen molar-refractivity contribution in [3.63, 3.8) is 0 Å². The van der Waals surface area contributed by atoms with Crippen molar-refractivity contribution in [1.82, 2.24) is 10.2 Å². The fourth-order valence-corrected chi connectivity index (χ4v) is 5.29. The zero-order valence-corrected chi connectivity index (χ0v) is 19.6. The van der Waals surface area contributed by atoms with E-state index in [-0.39, 0.29) is 17.2 Å². The molecular formula is C26H31N3O3S. The molecular weight excluding hydrogens is 434 g/mol. The Bertz CT molecular complexity index is 1190. The van der Waals surface area contributed by atoms with Gasteiger partial charge in [-0.25, -0.2) is 8.42 Å². The Morgan fingerprint density at radius 3 is 2.36 bits per heavy atom. The van der Waals surface area contributed by atoms with Crippen molar-refractivity contribution >= 4 is 32.4 Å². The highest BCUT2D eigenvalue weighted by atomic mass is 32.2. The van der Waals surface area contributed by atoms with E-state index in [1.165, 1.54) is 32.4 Å². The van der Waals surface area contributed by atoms with E-state index in [1.54, 1.807) is 42.5 Å². The van der Waals surface area contributed by atoms with Crippen molar-refractivity contribution in [2.75, 3.05) is 30.9 Å². The predicted octanol–water partition coefficient (Wildman–Crippen LogP) is 4.18. The van der Waals surface area contributed by atoms with E-state index >= 15 is 0 Å². The minimum atomic E-state index is -3.70. The Hall–Kier alpha value is -2.90. The van der Waals surface area contributed by atoms with Crippen LogP contribution in [-0.2, 0) is 21.2 Å². The molecule has 3 aromatic carbocycles. The number of carbonyl (C=O) groups is 1. The number of amides is 1. The zero-order valence-electron chi connectivity index (χ0n) is 18.8. The lowest BCUT2D eigenvalue weighted by Crippen LogP contribution is -2.33. The summed E-state index contributed by atoms with van der Waals surface area (Å²) in [6.07, 6.45) is 5.13. The van der Waals surface area contributed by atoms with Gasteiger partial charge < -0.3 is 10.2 Å². The van der Waals surface area contributed by atoms with E-state index in [0.717, 1.165) is 29.3 Å². The van der Waals surface area contributed by atoms with Crippen LogP contribution in [-0.4, -0.2) is 45.4 Å². The maximum Gasteiger partial charge on any atom is 0.261 e. The number of benzene rings is 3. The monoisotopic (exact) mass is 465 g/mol. The molecule has 0 saturated carbocycles. The van der Waals surface area contributed by atoms with Gasteiger partial charge in [-0.1, -0.05) is 48.9 Å². The lowest BCUT2D eigenvalue weighted by molar-refractivity contribution is -0.120. The maximum atomic E-state index is 12.8. The van der Waals surface area contributed by atoms with Crippen molar-refractivity contribution in [3.8, 4) is 0 Å². The highest BCUT2D eigenvalue weighted by molar-refractivity contribution is 7.92. The summed E-state index contributed by atoms with van der Waals surface area (Å²) in [5.74, 6) is -0.0156. The minimum Gasteiger partial charge on any atom is -0.356 e. The normalized spacial score (nSPS) is 14.8. The van der Waals surface area contributed by atoms with Gasteiger partial charge >= 0.3 is 0 Å². The molecule has 0 radical (unpaired) electrons. The molecule has 0 atom stereocenters. The molecule has 6 nitrogen and oxygen atoms in total. The molecule has 1 aliphatic rings. The molecule has 7 heteroatoms. The number of likely N-dealkylation sites (tertiary alicyclic amines) is 1. The van der Waals surface area contributed by atoms with Crippen LogP contribution >= 0.6 is 0 Å². The Morgan fingerprint density at radius 1 is 0.879 bits per heavy atom. The van der Waals surface area contributed by atoms with Crippen LogP contribution < -0.4 is 10.0 Å². The van der Waals surface area contributed by atoms with Gasteiger partial charge in [0.15, 0.2) is 0 Å². The second-order valence-electron chi connectivity index (χ2n) is 8.59. The van der Waals surface area contributed by atoms with Crippen molar-refractivity contribution < 1.29 is 13.2 Å². The SMILES string of the molecule is O=C(Cc1ccc(NS(=O)(=O)c2ccc3ccccc3c2)cc1)NCCCN1CCCCC1. The minimum absolute atomic E-state index is 0.0156. The van der Waals surface area contributed by atoms with Crippen molar-refractivity contribution in [2.24, 2.45) is 0 Å². The quantitative estimate of drug-likeness (QED) is 0.465. The first-order valence-corrected chi connectivity index (χ1v) is 13.1. The average Bonchev–Trinajstić information content (AvgIpc) is 2.83. The van der Waals surface area contributed by atoms with Crippen LogP contribution in [0.4, 0.5) is 5.69 Å². The van der Waals surface area contributed by atoms with Crippen LogP contribution in [0.15, 0.2) is 71.6 Å². The number of rotatable bonds is 9. The van der Waals surface area contributed by atoms with Gasteiger partial charge in [0.05, 0.1) is 11.3 Å². The van der Waals surface area contributed by atoms with E-state index in [2.05, 4.69) is 14.9 Å². The first kappa shape index (κ1) is 23.3. The molecule has 1 saturated heterocycles. The molecule has 1 fully saturated rings. The third-order valence-electron chi connectivity index (χ3n) is 6.02. The number of carbonyl (C=O) groups excluding carboxylic acids is 1. The number of piperidine rings is 1. The standard InChI is InChI=1S/C26H31N3O3S/c30-26(27-15-6-18-29-16-4-1-5-17-29)19-21-9-12-24(13-10-21)28-33(31,32)25-14-11-22-7-2-3-8-23(22)20-25/h2-3,7-14,20,28H,1,4-6,15-19H2,(H,27,30). The number of nitrogens with zero attached hydrogens (tertiary/aromatic N) is 1. The van der Waals surface area contributed by atoms with Crippen LogP contribution in [0.3, 0.4) is 0 Å². The second-order valence-corrected chi connectivity index (χ2v) is 10.3. The van der Waals surface area contributed by atoms with Crippen molar-refractivity contribution in [2.45, 2.75) is 37.0 Å². The van der Waals surface area contributed by atoms with Gasteiger partial charge in [0.1, 0.15) is 0 Å². The lowest BCUT2D eigenvalue weighted by Gasteiger charge is -2.26. The molecule has 1 heterocycles. The van der Waals surface area contributed by atoms with Crippen LogP contribution in [0.1, 0.15) is 31.2 Å².